The first-order chi connectivity index (χ1) is 16.1. The van der Waals surface area contributed by atoms with Crippen molar-refractivity contribution in [1.29, 1.82) is 0 Å². The van der Waals surface area contributed by atoms with Crippen LogP contribution in [-0.2, 0) is 4.79 Å². The maximum Gasteiger partial charge on any atom is 0.234 e. The van der Waals surface area contributed by atoms with E-state index in [-0.39, 0.29) is 11.7 Å². The molecule has 0 spiro atoms. The van der Waals surface area contributed by atoms with E-state index in [1.807, 2.05) is 42.5 Å². The monoisotopic (exact) mass is 465 g/mol. The number of hydrogen-bond acceptors (Lipinski definition) is 8. The van der Waals surface area contributed by atoms with E-state index < -0.39 is 0 Å². The van der Waals surface area contributed by atoms with Crippen LogP contribution in [0.4, 0.5) is 17.2 Å². The Morgan fingerprint density at radius 2 is 1.70 bits per heavy atom. The molecule has 0 bridgehead atoms. The number of methoxy groups -OCH3 is 2. The van der Waals surface area contributed by atoms with Gasteiger partial charge in [0.15, 0.2) is 5.16 Å². The summed E-state index contributed by atoms with van der Waals surface area (Å²) in [5.41, 5.74) is 1.89. The first-order valence-corrected chi connectivity index (χ1v) is 11.7. The van der Waals surface area contributed by atoms with Crippen LogP contribution < -0.4 is 24.6 Å². The van der Waals surface area contributed by atoms with Gasteiger partial charge in [-0.3, -0.25) is 4.79 Å². The van der Waals surface area contributed by atoms with Gasteiger partial charge >= 0.3 is 0 Å². The minimum atomic E-state index is -0.105. The van der Waals surface area contributed by atoms with E-state index in [1.165, 1.54) is 11.8 Å². The third-order valence-electron chi connectivity index (χ3n) is 5.35. The summed E-state index contributed by atoms with van der Waals surface area (Å²) in [5.74, 6) is 2.62. The van der Waals surface area contributed by atoms with Crippen molar-refractivity contribution in [2.75, 3.05) is 61.3 Å². The van der Waals surface area contributed by atoms with E-state index in [9.17, 15) is 4.79 Å². The zero-order valence-electron chi connectivity index (χ0n) is 18.7. The van der Waals surface area contributed by atoms with Crippen LogP contribution in [0.3, 0.4) is 0 Å². The number of hydrogen-bond donors (Lipinski definition) is 1. The van der Waals surface area contributed by atoms with Crippen LogP contribution in [-0.4, -0.2) is 62.0 Å². The van der Waals surface area contributed by atoms with Gasteiger partial charge in [0, 0.05) is 49.8 Å². The number of amides is 1. The molecule has 0 atom stereocenters. The zero-order valence-corrected chi connectivity index (χ0v) is 19.5. The molecule has 1 saturated heterocycles. The molecule has 4 rings (SSSR count). The van der Waals surface area contributed by atoms with Crippen LogP contribution in [0.15, 0.2) is 66.0 Å². The second-order valence-corrected chi connectivity index (χ2v) is 8.38. The molecule has 9 heteroatoms. The summed E-state index contributed by atoms with van der Waals surface area (Å²) in [7, 11) is 3.30. The Balaban J connectivity index is 1.29. The number of carbonyl (C=O) groups is 1. The molecule has 1 aliphatic heterocycles. The Morgan fingerprint density at radius 3 is 2.42 bits per heavy atom. The van der Waals surface area contributed by atoms with Gasteiger partial charge in [-0.2, -0.15) is 0 Å². The minimum Gasteiger partial charge on any atom is -0.497 e. The van der Waals surface area contributed by atoms with E-state index in [0.717, 1.165) is 54.9 Å². The molecule has 172 valence electrons. The van der Waals surface area contributed by atoms with E-state index in [4.69, 9.17) is 9.47 Å². The number of nitrogens with zero attached hydrogens (tertiary/aromatic N) is 4. The van der Waals surface area contributed by atoms with E-state index in [0.29, 0.717) is 5.16 Å². The lowest BCUT2D eigenvalue weighted by Crippen LogP contribution is -2.46. The fourth-order valence-corrected chi connectivity index (χ4v) is 4.21. The molecular formula is C24H27N5O3S. The Bertz CT molecular complexity index is 1070. The number of carbonyl (C=O) groups excluding carboxylic acids is 1. The Morgan fingerprint density at radius 1 is 0.970 bits per heavy atom. The van der Waals surface area contributed by atoms with E-state index in [2.05, 4.69) is 37.2 Å². The van der Waals surface area contributed by atoms with Crippen molar-refractivity contribution in [2.24, 2.45) is 0 Å². The van der Waals surface area contributed by atoms with Gasteiger partial charge < -0.3 is 24.6 Å². The molecule has 33 heavy (non-hydrogen) atoms. The number of rotatable bonds is 8. The molecule has 0 radical (unpaired) electrons. The van der Waals surface area contributed by atoms with Crippen molar-refractivity contribution in [1.82, 2.24) is 9.97 Å². The molecular weight excluding hydrogens is 438 g/mol. The highest BCUT2D eigenvalue weighted by Gasteiger charge is 2.19. The molecule has 0 aliphatic carbocycles. The van der Waals surface area contributed by atoms with Crippen molar-refractivity contribution in [3.8, 4) is 11.5 Å². The van der Waals surface area contributed by atoms with Crippen molar-refractivity contribution in [3.05, 3.63) is 60.8 Å². The van der Waals surface area contributed by atoms with Gasteiger partial charge in [0.05, 0.1) is 20.0 Å². The third-order valence-corrected chi connectivity index (χ3v) is 6.21. The van der Waals surface area contributed by atoms with Gasteiger partial charge in [0.25, 0.3) is 0 Å². The second-order valence-electron chi connectivity index (χ2n) is 7.44. The van der Waals surface area contributed by atoms with Crippen molar-refractivity contribution < 1.29 is 14.3 Å². The highest BCUT2D eigenvalue weighted by Crippen LogP contribution is 2.24. The zero-order chi connectivity index (χ0) is 23.0. The average Bonchev–Trinajstić information content (AvgIpc) is 2.88. The fraction of sp³-hybridized carbons (Fsp3) is 0.292. The topological polar surface area (TPSA) is 79.8 Å². The Hall–Kier alpha value is -3.46. The summed E-state index contributed by atoms with van der Waals surface area (Å²) in [6.07, 6.45) is 1.75. The maximum absolute atomic E-state index is 12.3. The van der Waals surface area contributed by atoms with Gasteiger partial charge in [-0.15, -0.1) is 0 Å². The van der Waals surface area contributed by atoms with E-state index in [1.54, 1.807) is 20.4 Å². The summed E-state index contributed by atoms with van der Waals surface area (Å²) in [6, 6.07) is 17.3. The molecule has 3 aromatic rings. The summed E-state index contributed by atoms with van der Waals surface area (Å²) < 4.78 is 10.5. The molecule has 1 aliphatic rings. The number of aromatic nitrogens is 2. The van der Waals surface area contributed by atoms with Crippen LogP contribution in [0.5, 0.6) is 11.5 Å². The first kappa shape index (κ1) is 22.7. The number of anilines is 3. The summed E-state index contributed by atoms with van der Waals surface area (Å²) in [4.78, 5) is 25.9. The smallest absolute Gasteiger partial charge is 0.234 e. The van der Waals surface area contributed by atoms with Crippen molar-refractivity contribution >= 4 is 34.9 Å². The molecule has 2 aromatic carbocycles. The highest BCUT2D eigenvalue weighted by molar-refractivity contribution is 7.99. The second kappa shape index (κ2) is 10.9. The van der Waals surface area contributed by atoms with Gasteiger partial charge in [0.2, 0.25) is 5.91 Å². The number of nitrogens with one attached hydrogen (secondary N) is 1. The minimum absolute atomic E-state index is 0.105. The third kappa shape index (κ3) is 6.07. The largest absolute Gasteiger partial charge is 0.497 e. The number of benzene rings is 2. The van der Waals surface area contributed by atoms with Gasteiger partial charge in [-0.05, 0) is 42.5 Å². The molecule has 0 saturated carbocycles. The molecule has 1 amide bonds. The quantitative estimate of drug-likeness (QED) is 0.400. The number of piperazine rings is 1. The van der Waals surface area contributed by atoms with Crippen LogP contribution in [0.2, 0.25) is 0 Å². The maximum atomic E-state index is 12.3. The molecule has 1 aromatic heterocycles. The van der Waals surface area contributed by atoms with Crippen LogP contribution in [0.25, 0.3) is 0 Å². The van der Waals surface area contributed by atoms with Crippen LogP contribution >= 0.6 is 11.8 Å². The normalized spacial score (nSPS) is 13.5. The number of ether oxygens (including phenoxy) is 2. The predicted octanol–water partition coefficient (Wildman–Crippen LogP) is 3.55. The van der Waals surface area contributed by atoms with Gasteiger partial charge in [-0.25, -0.2) is 9.97 Å². The fourth-order valence-electron chi connectivity index (χ4n) is 3.58. The molecule has 2 heterocycles. The number of thioether (sulfide) groups is 1. The summed E-state index contributed by atoms with van der Waals surface area (Å²) in [6.45, 7) is 3.50. The van der Waals surface area contributed by atoms with Crippen LogP contribution in [0.1, 0.15) is 0 Å². The SMILES string of the molecule is COc1ccc(NC(=O)CSc2nccc(N3CCN(c4cccc(OC)c4)CC3)n2)cc1. The highest BCUT2D eigenvalue weighted by atomic mass is 32.2. The van der Waals surface area contributed by atoms with Gasteiger partial charge in [0.1, 0.15) is 17.3 Å². The van der Waals surface area contributed by atoms with Crippen LogP contribution in [0, 0.1) is 0 Å². The lowest BCUT2D eigenvalue weighted by molar-refractivity contribution is -0.113. The standard InChI is InChI=1S/C24H27N5O3S/c1-31-20-8-6-18(7-9-20)26-23(30)17-33-24-25-11-10-22(27-24)29-14-12-28(13-15-29)19-4-3-5-21(16-19)32-2/h3-11,16H,12-15,17H2,1-2H3,(H,26,30). The predicted molar refractivity (Wildman–Crippen MR) is 132 cm³/mol. The molecule has 0 unspecified atom stereocenters. The summed E-state index contributed by atoms with van der Waals surface area (Å²) >= 11 is 1.33. The van der Waals surface area contributed by atoms with Crippen molar-refractivity contribution in [2.45, 2.75) is 5.16 Å². The van der Waals surface area contributed by atoms with E-state index >= 15 is 0 Å². The Kier molecular flexibility index (Phi) is 7.51. The molecule has 1 fully saturated rings. The molecule has 1 N–H and O–H groups in total. The summed E-state index contributed by atoms with van der Waals surface area (Å²) in [5, 5.41) is 3.46. The van der Waals surface area contributed by atoms with Gasteiger partial charge in [-0.1, -0.05) is 17.8 Å². The first-order valence-electron chi connectivity index (χ1n) is 10.7. The lowest BCUT2D eigenvalue weighted by Gasteiger charge is -2.36. The lowest BCUT2D eigenvalue weighted by atomic mass is 10.2. The van der Waals surface area contributed by atoms with Crippen molar-refractivity contribution in [3.63, 3.8) is 0 Å². The molecule has 8 nitrogen and oxygen atoms in total. The Labute approximate surface area is 197 Å². The average molecular weight is 466 g/mol.